The molecule has 0 N–H and O–H groups in total. The first-order chi connectivity index (χ1) is 40.0. The van der Waals surface area contributed by atoms with Gasteiger partial charge < -0.3 is 14.2 Å². The Bertz CT molecular complexity index is 1720. The number of allylic oxidation sites excluding steroid dienone is 22. The molecule has 0 spiro atoms. The van der Waals surface area contributed by atoms with Crippen molar-refractivity contribution in [3.05, 3.63) is 134 Å². The number of esters is 3. The fourth-order valence-corrected chi connectivity index (χ4v) is 9.11. The Morgan fingerprint density at radius 2 is 0.481 bits per heavy atom. The van der Waals surface area contributed by atoms with Crippen LogP contribution in [0.15, 0.2) is 134 Å². The summed E-state index contributed by atoms with van der Waals surface area (Å²) in [4.78, 5) is 38.0. The summed E-state index contributed by atoms with van der Waals surface area (Å²) in [5, 5.41) is 0. The molecule has 0 aliphatic rings. The van der Waals surface area contributed by atoms with E-state index in [1.54, 1.807) is 0 Å². The molecule has 1 unspecified atom stereocenters. The van der Waals surface area contributed by atoms with E-state index in [1.807, 2.05) is 0 Å². The monoisotopic (exact) mass is 1120 g/mol. The van der Waals surface area contributed by atoms with Crippen LogP contribution in [0.25, 0.3) is 0 Å². The van der Waals surface area contributed by atoms with Crippen LogP contribution in [0.5, 0.6) is 0 Å². The molecule has 0 aliphatic heterocycles. The third-order valence-corrected chi connectivity index (χ3v) is 14.1. The van der Waals surface area contributed by atoms with Crippen molar-refractivity contribution < 1.29 is 28.6 Å². The third kappa shape index (κ3) is 66.2. The van der Waals surface area contributed by atoms with Gasteiger partial charge >= 0.3 is 17.9 Å². The maximum atomic E-state index is 12.8. The number of carbonyl (C=O) groups is 3. The summed E-state index contributed by atoms with van der Waals surface area (Å²) in [5.74, 6) is -0.908. The molecule has 0 aromatic heterocycles. The van der Waals surface area contributed by atoms with Gasteiger partial charge in [0.1, 0.15) is 13.2 Å². The van der Waals surface area contributed by atoms with E-state index in [-0.39, 0.29) is 31.1 Å². The molecule has 6 heteroatoms. The van der Waals surface area contributed by atoms with Gasteiger partial charge in [0.25, 0.3) is 0 Å². The highest BCUT2D eigenvalue weighted by Gasteiger charge is 2.19. The fourth-order valence-electron chi connectivity index (χ4n) is 9.11. The SMILES string of the molecule is CC/C=C\C/C=C\C/C=C\C/C=C\C/C=C\C/C=C\C/C=C\C/C=C\C/C=C\CCCCCCCCCC(=O)OCC(COC(=O)CCCCCCC)OC(=O)CCCCCCCCCCCCC/C=C\C/C=C\CCCCCCC. The lowest BCUT2D eigenvalue weighted by Gasteiger charge is -2.18. The highest BCUT2D eigenvalue weighted by molar-refractivity contribution is 5.71. The zero-order valence-corrected chi connectivity index (χ0v) is 52.8. The molecule has 0 aliphatic carbocycles. The lowest BCUT2D eigenvalue weighted by Crippen LogP contribution is -2.30. The van der Waals surface area contributed by atoms with Gasteiger partial charge in [0.05, 0.1) is 0 Å². The third-order valence-electron chi connectivity index (χ3n) is 14.1. The zero-order valence-electron chi connectivity index (χ0n) is 52.8. The molecule has 0 bridgehead atoms. The van der Waals surface area contributed by atoms with E-state index < -0.39 is 6.10 Å². The first kappa shape index (κ1) is 76.5. The van der Waals surface area contributed by atoms with Crippen LogP contribution in [-0.2, 0) is 28.6 Å². The first-order valence-electron chi connectivity index (χ1n) is 33.7. The van der Waals surface area contributed by atoms with Gasteiger partial charge in [-0.05, 0) is 122 Å². The second kappa shape index (κ2) is 68.1. The van der Waals surface area contributed by atoms with Crippen molar-refractivity contribution in [3.8, 4) is 0 Å². The van der Waals surface area contributed by atoms with Crippen molar-refractivity contribution in [2.75, 3.05) is 13.2 Å². The average molecular weight is 1120 g/mol. The Labute approximate surface area is 500 Å². The normalized spacial score (nSPS) is 13.0. The van der Waals surface area contributed by atoms with Crippen molar-refractivity contribution in [1.82, 2.24) is 0 Å². The Morgan fingerprint density at radius 1 is 0.259 bits per heavy atom. The number of ether oxygens (including phenoxy) is 3. The number of hydrogen-bond donors (Lipinski definition) is 0. The Hall–Kier alpha value is -4.45. The minimum atomic E-state index is -0.784. The molecule has 6 nitrogen and oxygen atoms in total. The molecule has 0 heterocycles. The van der Waals surface area contributed by atoms with E-state index in [2.05, 4.69) is 154 Å². The minimum Gasteiger partial charge on any atom is -0.462 e. The summed E-state index contributed by atoms with van der Waals surface area (Å²) in [6.07, 6.45) is 96.6. The van der Waals surface area contributed by atoms with Crippen molar-refractivity contribution in [1.29, 1.82) is 0 Å². The van der Waals surface area contributed by atoms with Crippen LogP contribution in [0.4, 0.5) is 0 Å². The Morgan fingerprint density at radius 3 is 0.753 bits per heavy atom. The van der Waals surface area contributed by atoms with Crippen LogP contribution in [0.3, 0.4) is 0 Å². The maximum Gasteiger partial charge on any atom is 0.306 e. The van der Waals surface area contributed by atoms with Crippen LogP contribution in [0.1, 0.15) is 303 Å². The molecule has 0 amide bonds. The lowest BCUT2D eigenvalue weighted by molar-refractivity contribution is -0.167. The van der Waals surface area contributed by atoms with Crippen LogP contribution in [-0.4, -0.2) is 37.2 Å². The summed E-state index contributed by atoms with van der Waals surface area (Å²) in [7, 11) is 0. The van der Waals surface area contributed by atoms with Gasteiger partial charge in [-0.2, -0.15) is 0 Å². The Kier molecular flexibility index (Phi) is 64.3. The molecule has 1 atom stereocenters. The topological polar surface area (TPSA) is 78.9 Å². The van der Waals surface area contributed by atoms with Gasteiger partial charge in [0.2, 0.25) is 0 Å². The van der Waals surface area contributed by atoms with Crippen LogP contribution >= 0.6 is 0 Å². The molecule has 0 aromatic carbocycles. The summed E-state index contributed by atoms with van der Waals surface area (Å²) in [6.45, 7) is 6.43. The highest BCUT2D eigenvalue weighted by atomic mass is 16.6. The van der Waals surface area contributed by atoms with Gasteiger partial charge in [-0.25, -0.2) is 0 Å². The van der Waals surface area contributed by atoms with Crippen molar-refractivity contribution >= 4 is 17.9 Å². The molecule has 81 heavy (non-hydrogen) atoms. The molecule has 0 aromatic rings. The van der Waals surface area contributed by atoms with Crippen LogP contribution < -0.4 is 0 Å². The minimum absolute atomic E-state index is 0.0843. The summed E-state index contributed by atoms with van der Waals surface area (Å²) >= 11 is 0. The van der Waals surface area contributed by atoms with E-state index in [0.29, 0.717) is 19.3 Å². The van der Waals surface area contributed by atoms with E-state index in [1.165, 1.54) is 128 Å². The van der Waals surface area contributed by atoms with Crippen LogP contribution in [0, 0.1) is 0 Å². The standard InChI is InChI=1S/C75H124O6/c1-4-7-10-13-15-17-19-21-23-25-27-29-31-32-33-34-35-36-37-38-39-40-41-42-44-45-47-49-51-53-55-57-59-62-65-68-74(77)80-71-72(70-79-73(76)67-64-61-12-9-6-3)81-75(78)69-66-63-60-58-56-54-52-50-48-46-43-30-28-26-24-22-20-18-16-14-11-8-5-2/h7,10,15,17,20-23,26-29,32-33,35-36,38-39,41-42,45,47,72H,4-6,8-9,11-14,16,18-19,24-25,30-31,34,37,40,43-44,46,48-71H2,1-3H3/b10-7-,17-15-,22-20-,23-21-,28-26-,29-27-,33-32-,36-35-,39-38-,42-41-,47-45-. The molecule has 0 fully saturated rings. The smallest absolute Gasteiger partial charge is 0.306 e. The maximum absolute atomic E-state index is 12.8. The highest BCUT2D eigenvalue weighted by Crippen LogP contribution is 2.16. The molecule has 0 rings (SSSR count). The van der Waals surface area contributed by atoms with E-state index in [4.69, 9.17) is 14.2 Å². The fraction of sp³-hybridized carbons (Fsp3) is 0.667. The number of unbranched alkanes of at least 4 members (excludes halogenated alkanes) is 27. The van der Waals surface area contributed by atoms with Gasteiger partial charge in [-0.3, -0.25) is 14.4 Å². The quantitative estimate of drug-likeness (QED) is 0.0261. The molecule has 460 valence electrons. The van der Waals surface area contributed by atoms with Crippen molar-refractivity contribution in [3.63, 3.8) is 0 Å². The first-order valence-corrected chi connectivity index (χ1v) is 33.7. The van der Waals surface area contributed by atoms with E-state index >= 15 is 0 Å². The summed E-state index contributed by atoms with van der Waals surface area (Å²) in [5.41, 5.74) is 0. The van der Waals surface area contributed by atoms with Gasteiger partial charge in [-0.1, -0.05) is 296 Å². The van der Waals surface area contributed by atoms with E-state index in [0.717, 1.165) is 135 Å². The molecular weight excluding hydrogens is 997 g/mol. The Balaban J connectivity index is 4.08. The zero-order chi connectivity index (χ0) is 58.5. The summed E-state index contributed by atoms with van der Waals surface area (Å²) in [6, 6.07) is 0. The van der Waals surface area contributed by atoms with Crippen molar-refractivity contribution in [2.24, 2.45) is 0 Å². The predicted octanol–water partition coefficient (Wildman–Crippen LogP) is 23.3. The number of carbonyl (C=O) groups excluding carboxylic acids is 3. The second-order valence-corrected chi connectivity index (χ2v) is 22.0. The summed E-state index contributed by atoms with van der Waals surface area (Å²) < 4.78 is 16.8. The van der Waals surface area contributed by atoms with Gasteiger partial charge in [0, 0.05) is 19.3 Å². The molecule has 0 saturated heterocycles. The molecule has 0 radical (unpaired) electrons. The van der Waals surface area contributed by atoms with Crippen molar-refractivity contribution in [2.45, 2.75) is 309 Å². The largest absolute Gasteiger partial charge is 0.462 e. The van der Waals surface area contributed by atoms with E-state index in [9.17, 15) is 14.4 Å². The van der Waals surface area contributed by atoms with Gasteiger partial charge in [-0.15, -0.1) is 0 Å². The second-order valence-electron chi connectivity index (χ2n) is 22.0. The molecular formula is C75H124O6. The van der Waals surface area contributed by atoms with Crippen LogP contribution in [0.2, 0.25) is 0 Å². The average Bonchev–Trinajstić information content (AvgIpc) is 3.47. The van der Waals surface area contributed by atoms with Gasteiger partial charge in [0.15, 0.2) is 6.10 Å². The lowest BCUT2D eigenvalue weighted by atomic mass is 10.0. The number of hydrogen-bond acceptors (Lipinski definition) is 6. The number of rotatable bonds is 60. The predicted molar refractivity (Wildman–Crippen MR) is 353 cm³/mol. The molecule has 0 saturated carbocycles.